The van der Waals surface area contributed by atoms with Gasteiger partial charge in [0.1, 0.15) is 5.75 Å². The molecule has 0 N–H and O–H groups in total. The molecular weight excluding hydrogens is 426 g/mol. The van der Waals surface area contributed by atoms with Crippen LogP contribution in [-0.4, -0.2) is 43.4 Å². The van der Waals surface area contributed by atoms with Gasteiger partial charge in [-0.05, 0) is 43.0 Å². The number of amides is 1. The van der Waals surface area contributed by atoms with Gasteiger partial charge in [0.15, 0.2) is 0 Å². The van der Waals surface area contributed by atoms with Crippen molar-refractivity contribution in [3.05, 3.63) is 102 Å². The second-order valence-corrected chi connectivity index (χ2v) is 8.63. The van der Waals surface area contributed by atoms with Crippen molar-refractivity contribution in [3.63, 3.8) is 0 Å². The number of likely N-dealkylation sites (tertiary alicyclic amines) is 1. The van der Waals surface area contributed by atoms with E-state index < -0.39 is 0 Å². The third-order valence-electron chi connectivity index (χ3n) is 6.23. The molecule has 1 atom stereocenters. The Balaban J connectivity index is 1.32. The molecule has 172 valence electrons. The molecule has 0 saturated carbocycles. The Hall–Kier alpha value is -4.00. The lowest BCUT2D eigenvalue weighted by molar-refractivity contribution is 0.0704. The van der Waals surface area contributed by atoms with Gasteiger partial charge in [0.2, 0.25) is 5.88 Å². The van der Waals surface area contributed by atoms with E-state index in [0.29, 0.717) is 19.0 Å². The molecule has 1 amide bonds. The van der Waals surface area contributed by atoms with Crippen LogP contribution < -0.4 is 4.74 Å². The first-order chi connectivity index (χ1) is 16.7. The van der Waals surface area contributed by atoms with Crippen molar-refractivity contribution in [2.45, 2.75) is 32.2 Å². The van der Waals surface area contributed by atoms with Crippen molar-refractivity contribution >= 4 is 5.91 Å². The zero-order chi connectivity index (χ0) is 23.3. The number of carbonyl (C=O) groups is 1. The fourth-order valence-electron chi connectivity index (χ4n) is 4.41. The third kappa shape index (κ3) is 4.83. The fraction of sp³-hybridized carbons (Fsp3) is 0.259. The topological polar surface area (TPSA) is 73.1 Å². The number of hydrogen-bond acceptors (Lipinski definition) is 5. The average Bonchev–Trinajstić information content (AvgIpc) is 3.39. The Bertz CT molecular complexity index is 1270. The summed E-state index contributed by atoms with van der Waals surface area (Å²) in [6.45, 7) is 3.97. The lowest BCUT2D eigenvalue weighted by Gasteiger charge is -2.33. The molecule has 0 radical (unpaired) electrons. The van der Waals surface area contributed by atoms with E-state index in [1.807, 2.05) is 71.1 Å². The Morgan fingerprint density at radius 1 is 1.09 bits per heavy atom. The predicted octanol–water partition coefficient (Wildman–Crippen LogP) is 4.84. The van der Waals surface area contributed by atoms with E-state index in [1.54, 1.807) is 24.9 Å². The monoisotopic (exact) mass is 453 g/mol. The lowest BCUT2D eigenvalue weighted by Crippen LogP contribution is -2.39. The van der Waals surface area contributed by atoms with Crippen molar-refractivity contribution in [2.75, 3.05) is 13.1 Å². The number of imidazole rings is 1. The van der Waals surface area contributed by atoms with Crippen LogP contribution in [0, 0.1) is 6.92 Å². The maximum Gasteiger partial charge on any atom is 0.254 e. The number of piperidine rings is 1. The van der Waals surface area contributed by atoms with Crippen LogP contribution in [-0.2, 0) is 6.54 Å². The van der Waals surface area contributed by atoms with Gasteiger partial charge in [-0.15, -0.1) is 0 Å². The molecule has 1 fully saturated rings. The normalized spacial score (nSPS) is 15.8. The van der Waals surface area contributed by atoms with Crippen molar-refractivity contribution in [2.24, 2.45) is 0 Å². The summed E-state index contributed by atoms with van der Waals surface area (Å²) in [5, 5.41) is 0. The fourth-order valence-corrected chi connectivity index (χ4v) is 4.41. The molecule has 2 aromatic heterocycles. The number of carbonyl (C=O) groups excluding carboxylic acids is 1. The minimum atomic E-state index is 0.0562. The Morgan fingerprint density at radius 3 is 2.79 bits per heavy atom. The summed E-state index contributed by atoms with van der Waals surface area (Å²) in [5.74, 6) is 1.41. The van der Waals surface area contributed by atoms with E-state index in [1.165, 1.54) is 0 Å². The summed E-state index contributed by atoms with van der Waals surface area (Å²) in [7, 11) is 0. The van der Waals surface area contributed by atoms with E-state index in [-0.39, 0.29) is 11.8 Å². The molecule has 1 aliphatic rings. The highest BCUT2D eigenvalue weighted by molar-refractivity contribution is 5.95. The van der Waals surface area contributed by atoms with E-state index >= 15 is 0 Å². The first-order valence-corrected chi connectivity index (χ1v) is 11.6. The zero-order valence-electron chi connectivity index (χ0n) is 19.2. The molecule has 34 heavy (non-hydrogen) atoms. The van der Waals surface area contributed by atoms with E-state index in [4.69, 9.17) is 9.72 Å². The Labute approximate surface area is 199 Å². The Kier molecular flexibility index (Phi) is 6.33. The predicted molar refractivity (Wildman–Crippen MR) is 129 cm³/mol. The van der Waals surface area contributed by atoms with E-state index in [2.05, 4.69) is 9.97 Å². The van der Waals surface area contributed by atoms with Gasteiger partial charge in [0, 0.05) is 49.7 Å². The number of nitrogens with zero attached hydrogens (tertiary/aromatic N) is 5. The standard InChI is InChI=1S/C27H27N5O2/c1-20-7-2-5-11-25(20)34-26-16-29-15-24(30-26)22-9-6-13-32(18-22)27(33)23-10-4-3-8-21(23)17-31-14-12-28-19-31/h2-5,7-8,10-12,14-16,19,22H,6,9,13,17-18H2,1H3/t22-/m1/s1. The molecule has 0 unspecified atom stereocenters. The van der Waals surface area contributed by atoms with Crippen LogP contribution in [0.3, 0.4) is 0 Å². The van der Waals surface area contributed by atoms with Crippen LogP contribution in [0.4, 0.5) is 0 Å². The number of rotatable bonds is 6. The minimum absolute atomic E-state index is 0.0562. The van der Waals surface area contributed by atoms with Gasteiger partial charge in [0.05, 0.1) is 18.2 Å². The van der Waals surface area contributed by atoms with Gasteiger partial charge in [-0.1, -0.05) is 36.4 Å². The summed E-state index contributed by atoms with van der Waals surface area (Å²) in [4.78, 5) is 28.7. The smallest absolute Gasteiger partial charge is 0.254 e. The second-order valence-electron chi connectivity index (χ2n) is 8.63. The van der Waals surface area contributed by atoms with E-state index in [0.717, 1.165) is 47.5 Å². The Morgan fingerprint density at radius 2 is 1.94 bits per heavy atom. The highest BCUT2D eigenvalue weighted by atomic mass is 16.5. The highest BCUT2D eigenvalue weighted by Crippen LogP contribution is 2.29. The van der Waals surface area contributed by atoms with E-state index in [9.17, 15) is 4.79 Å². The minimum Gasteiger partial charge on any atom is -0.437 e. The van der Waals surface area contributed by atoms with Gasteiger partial charge in [-0.25, -0.2) is 9.97 Å². The third-order valence-corrected chi connectivity index (χ3v) is 6.23. The summed E-state index contributed by atoms with van der Waals surface area (Å²) >= 11 is 0. The summed E-state index contributed by atoms with van der Waals surface area (Å²) in [6, 6.07) is 15.6. The van der Waals surface area contributed by atoms with Crippen molar-refractivity contribution in [1.82, 2.24) is 24.4 Å². The molecule has 7 nitrogen and oxygen atoms in total. The molecular formula is C27H27N5O2. The molecule has 7 heteroatoms. The molecule has 4 aromatic rings. The zero-order valence-corrected chi connectivity index (χ0v) is 19.2. The molecule has 0 bridgehead atoms. The molecule has 2 aromatic carbocycles. The first kappa shape index (κ1) is 21.8. The number of aryl methyl sites for hydroxylation is 1. The van der Waals surface area contributed by atoms with Gasteiger partial charge in [-0.2, -0.15) is 0 Å². The van der Waals surface area contributed by atoms with Gasteiger partial charge >= 0.3 is 0 Å². The summed E-state index contributed by atoms with van der Waals surface area (Å²) in [6.07, 6.45) is 10.7. The molecule has 0 aliphatic carbocycles. The van der Waals surface area contributed by atoms with Crippen LogP contribution in [0.2, 0.25) is 0 Å². The molecule has 1 saturated heterocycles. The lowest BCUT2D eigenvalue weighted by atomic mass is 9.94. The van der Waals surface area contributed by atoms with Crippen molar-refractivity contribution < 1.29 is 9.53 Å². The van der Waals surface area contributed by atoms with Crippen LogP contribution in [0.25, 0.3) is 0 Å². The van der Waals surface area contributed by atoms with Crippen LogP contribution in [0.15, 0.2) is 79.6 Å². The maximum absolute atomic E-state index is 13.5. The largest absolute Gasteiger partial charge is 0.437 e. The van der Waals surface area contributed by atoms with Gasteiger partial charge < -0.3 is 14.2 Å². The van der Waals surface area contributed by atoms with Crippen molar-refractivity contribution in [1.29, 1.82) is 0 Å². The average molecular weight is 454 g/mol. The maximum atomic E-state index is 13.5. The van der Waals surface area contributed by atoms with Gasteiger partial charge in [-0.3, -0.25) is 9.78 Å². The number of benzene rings is 2. The molecule has 5 rings (SSSR count). The quantitative estimate of drug-likeness (QED) is 0.418. The summed E-state index contributed by atoms with van der Waals surface area (Å²) in [5.41, 5.74) is 3.62. The number of aromatic nitrogens is 4. The number of hydrogen-bond donors (Lipinski definition) is 0. The SMILES string of the molecule is Cc1ccccc1Oc1cncc([C@@H]2CCCN(C(=O)c3ccccc3Cn3ccnc3)C2)n1. The first-order valence-electron chi connectivity index (χ1n) is 11.6. The van der Waals surface area contributed by atoms with Crippen LogP contribution >= 0.6 is 0 Å². The number of para-hydroxylation sites is 1. The van der Waals surface area contributed by atoms with Crippen LogP contribution in [0.5, 0.6) is 11.6 Å². The molecule has 0 spiro atoms. The highest BCUT2D eigenvalue weighted by Gasteiger charge is 2.28. The summed E-state index contributed by atoms with van der Waals surface area (Å²) < 4.78 is 7.96. The van der Waals surface area contributed by atoms with Crippen LogP contribution in [0.1, 0.15) is 45.9 Å². The van der Waals surface area contributed by atoms with Crippen molar-refractivity contribution in [3.8, 4) is 11.6 Å². The van der Waals surface area contributed by atoms with Gasteiger partial charge in [0.25, 0.3) is 5.91 Å². The second kappa shape index (κ2) is 9.87. The molecule has 3 heterocycles. The number of ether oxygens (including phenoxy) is 1. The molecule has 1 aliphatic heterocycles.